The maximum atomic E-state index is 12.2. The lowest BCUT2D eigenvalue weighted by atomic mass is 9.90. The molecule has 222 valence electrons. The van der Waals surface area contributed by atoms with Gasteiger partial charge in [0.15, 0.2) is 12.2 Å². The molecule has 0 spiro atoms. The molecule has 1 aliphatic rings. The van der Waals surface area contributed by atoms with E-state index in [2.05, 4.69) is 43.3 Å². The van der Waals surface area contributed by atoms with E-state index in [1.54, 1.807) is 11.3 Å². The second-order valence-electron chi connectivity index (χ2n) is 10.3. The van der Waals surface area contributed by atoms with Gasteiger partial charge in [-0.2, -0.15) is 0 Å². The van der Waals surface area contributed by atoms with E-state index in [0.29, 0.717) is 12.0 Å². The van der Waals surface area contributed by atoms with Gasteiger partial charge < -0.3 is 23.7 Å². The first-order valence-corrected chi connectivity index (χ1v) is 14.3. The van der Waals surface area contributed by atoms with Crippen LogP contribution in [-0.2, 0) is 49.3 Å². The fourth-order valence-corrected chi connectivity index (χ4v) is 5.93. The normalized spacial score (nSPS) is 21.7. The highest BCUT2D eigenvalue weighted by Gasteiger charge is 2.53. The summed E-state index contributed by atoms with van der Waals surface area (Å²) in [6.07, 6.45) is -5.68. The monoisotopic (exact) mass is 594 g/mol. The van der Waals surface area contributed by atoms with Gasteiger partial charge in [-0.3, -0.25) is 19.2 Å². The van der Waals surface area contributed by atoms with E-state index in [9.17, 15) is 19.2 Å². The van der Waals surface area contributed by atoms with Crippen LogP contribution in [0.3, 0.4) is 0 Å². The van der Waals surface area contributed by atoms with Crippen LogP contribution >= 0.6 is 11.3 Å². The minimum Gasteiger partial charge on any atom is -0.455 e. The largest absolute Gasteiger partial charge is 0.455 e. The summed E-state index contributed by atoms with van der Waals surface area (Å²) in [4.78, 5) is 50.5. The maximum Gasteiger partial charge on any atom is 0.305 e. The predicted molar refractivity (Wildman–Crippen MR) is 155 cm³/mol. The molecule has 0 bridgehead atoms. The highest BCUT2D eigenvalue weighted by Crippen LogP contribution is 2.39. The van der Waals surface area contributed by atoms with Gasteiger partial charge in [0, 0.05) is 43.9 Å². The second kappa shape index (κ2) is 13.3. The van der Waals surface area contributed by atoms with Crippen molar-refractivity contribution in [2.75, 3.05) is 0 Å². The summed E-state index contributed by atoms with van der Waals surface area (Å²) in [6.45, 7) is 8.78. The molecule has 42 heavy (non-hydrogen) atoms. The Morgan fingerprint density at radius 3 is 1.93 bits per heavy atom. The van der Waals surface area contributed by atoms with Crippen LogP contribution in [0.5, 0.6) is 0 Å². The van der Waals surface area contributed by atoms with Gasteiger partial charge in [0.2, 0.25) is 12.4 Å². The molecule has 1 fully saturated rings. The number of ether oxygens (including phenoxy) is 5. The van der Waals surface area contributed by atoms with Crippen molar-refractivity contribution in [1.29, 1.82) is 0 Å². The van der Waals surface area contributed by atoms with Gasteiger partial charge in [-0.05, 0) is 48.2 Å². The van der Waals surface area contributed by atoms with E-state index < -0.39 is 54.6 Å². The Morgan fingerprint density at radius 2 is 1.31 bits per heavy atom. The molecule has 1 aromatic heterocycles. The molecule has 0 radical (unpaired) electrons. The van der Waals surface area contributed by atoms with Gasteiger partial charge in [-0.25, -0.2) is 0 Å². The SMILES string of the molecule is CC(=O)O[C@H]1OC(c2ccc(C)c(Cc3ccc(-c4ccc(C)cc4)s3)c2)[C@H](OC(C)=O)[C@@H](OC(C)=O)[C@@H]1OC(C)=O. The summed E-state index contributed by atoms with van der Waals surface area (Å²) in [7, 11) is 0. The molecule has 4 rings (SSSR count). The average molecular weight is 595 g/mol. The first-order valence-electron chi connectivity index (χ1n) is 13.5. The zero-order valence-corrected chi connectivity index (χ0v) is 25.2. The van der Waals surface area contributed by atoms with E-state index >= 15 is 0 Å². The van der Waals surface area contributed by atoms with E-state index in [0.717, 1.165) is 33.4 Å². The molecule has 5 atom stereocenters. The van der Waals surface area contributed by atoms with Crippen molar-refractivity contribution < 1.29 is 42.9 Å². The van der Waals surface area contributed by atoms with Crippen LogP contribution in [0, 0.1) is 13.8 Å². The Bertz CT molecular complexity index is 1460. The number of aryl methyl sites for hydroxylation is 2. The van der Waals surface area contributed by atoms with E-state index in [1.807, 2.05) is 25.1 Å². The minimum atomic E-state index is -1.42. The third kappa shape index (κ3) is 7.63. The first kappa shape index (κ1) is 30.9. The number of hydrogen-bond donors (Lipinski definition) is 0. The van der Waals surface area contributed by atoms with Gasteiger partial charge in [-0.1, -0.05) is 48.0 Å². The van der Waals surface area contributed by atoms with Crippen LogP contribution in [0.15, 0.2) is 54.6 Å². The van der Waals surface area contributed by atoms with E-state index in [-0.39, 0.29) is 0 Å². The third-order valence-corrected chi connectivity index (χ3v) is 7.88. The number of benzene rings is 2. The number of thiophene rings is 1. The van der Waals surface area contributed by atoms with Gasteiger partial charge in [-0.15, -0.1) is 11.3 Å². The molecule has 1 saturated heterocycles. The third-order valence-electron chi connectivity index (χ3n) is 6.75. The summed E-state index contributed by atoms with van der Waals surface area (Å²) in [5, 5.41) is 0. The van der Waals surface area contributed by atoms with E-state index in [4.69, 9.17) is 23.7 Å². The minimum absolute atomic E-state index is 0.604. The summed E-state index contributed by atoms with van der Waals surface area (Å²) >= 11 is 1.70. The number of rotatable bonds is 8. The first-order chi connectivity index (χ1) is 19.9. The Balaban J connectivity index is 1.70. The molecule has 0 saturated carbocycles. The zero-order chi connectivity index (χ0) is 30.6. The topological polar surface area (TPSA) is 114 Å². The molecular formula is C32H34O9S. The van der Waals surface area contributed by atoms with Gasteiger partial charge in [0.25, 0.3) is 0 Å². The Labute approximate surface area is 248 Å². The summed E-state index contributed by atoms with van der Waals surface area (Å²) in [5.74, 6) is -2.79. The summed E-state index contributed by atoms with van der Waals surface area (Å²) in [6, 6.07) is 18.3. The predicted octanol–water partition coefficient (Wildman–Crippen LogP) is 5.38. The molecule has 1 unspecified atom stereocenters. The molecule has 10 heteroatoms. The summed E-state index contributed by atoms with van der Waals surface area (Å²) < 4.78 is 28.0. The second-order valence-corrected chi connectivity index (χ2v) is 11.4. The van der Waals surface area contributed by atoms with Gasteiger partial charge in [0.05, 0.1) is 0 Å². The lowest BCUT2D eigenvalue weighted by Crippen LogP contribution is -2.59. The molecule has 9 nitrogen and oxygen atoms in total. The molecule has 1 aliphatic heterocycles. The highest BCUT2D eigenvalue weighted by molar-refractivity contribution is 7.15. The lowest BCUT2D eigenvalue weighted by molar-refractivity contribution is -0.298. The van der Waals surface area contributed by atoms with Crippen LogP contribution in [0.25, 0.3) is 10.4 Å². The van der Waals surface area contributed by atoms with E-state index in [1.165, 1.54) is 26.3 Å². The smallest absolute Gasteiger partial charge is 0.305 e. The van der Waals surface area contributed by atoms with Crippen LogP contribution in [-0.4, -0.2) is 48.5 Å². The molecule has 0 N–H and O–H groups in total. The standard InChI is InChI=1S/C32H34O9S/c1-17-7-10-23(11-8-17)27-14-13-26(42-27)16-25-15-24(12-9-18(25)2)28-29(37-19(3)33)30(38-20(4)34)31(39-21(5)35)32(41-28)40-22(6)36/h7-15,28-32H,16H2,1-6H3/t28?,29-,30+,31-,32-/m0/s1. The Hall–Kier alpha value is -4.02. The van der Waals surface area contributed by atoms with Gasteiger partial charge >= 0.3 is 23.9 Å². The Kier molecular flexibility index (Phi) is 9.80. The van der Waals surface area contributed by atoms with Gasteiger partial charge in [0.1, 0.15) is 6.10 Å². The number of hydrogen-bond acceptors (Lipinski definition) is 10. The molecular weight excluding hydrogens is 560 g/mol. The molecule has 2 heterocycles. The van der Waals surface area contributed by atoms with Crippen molar-refractivity contribution in [2.45, 2.75) is 78.7 Å². The highest BCUT2D eigenvalue weighted by atomic mass is 32.1. The van der Waals surface area contributed by atoms with Crippen molar-refractivity contribution in [2.24, 2.45) is 0 Å². The maximum absolute atomic E-state index is 12.2. The van der Waals surface area contributed by atoms with Crippen molar-refractivity contribution >= 4 is 35.2 Å². The number of esters is 4. The zero-order valence-electron chi connectivity index (χ0n) is 24.4. The van der Waals surface area contributed by atoms with Crippen LogP contribution in [0.2, 0.25) is 0 Å². The molecule has 0 amide bonds. The van der Waals surface area contributed by atoms with Crippen molar-refractivity contribution in [3.05, 3.63) is 81.7 Å². The van der Waals surface area contributed by atoms with Crippen molar-refractivity contribution in [3.8, 4) is 10.4 Å². The number of carbonyl (C=O) groups is 4. The van der Waals surface area contributed by atoms with Crippen molar-refractivity contribution in [1.82, 2.24) is 0 Å². The van der Waals surface area contributed by atoms with Crippen LogP contribution in [0.1, 0.15) is 60.9 Å². The fraction of sp³-hybridized carbons (Fsp3) is 0.375. The van der Waals surface area contributed by atoms with Crippen LogP contribution < -0.4 is 0 Å². The number of carbonyl (C=O) groups excluding carboxylic acids is 4. The summed E-state index contributed by atoms with van der Waals surface area (Å²) in [5.41, 5.74) is 5.00. The lowest BCUT2D eigenvalue weighted by Gasteiger charge is -2.44. The van der Waals surface area contributed by atoms with Crippen LogP contribution in [0.4, 0.5) is 0 Å². The molecule has 3 aromatic rings. The molecule has 0 aliphatic carbocycles. The quantitative estimate of drug-likeness (QED) is 0.251. The average Bonchev–Trinajstić information content (AvgIpc) is 3.36. The molecule has 2 aromatic carbocycles. The Morgan fingerprint density at radius 1 is 0.714 bits per heavy atom. The fourth-order valence-electron chi connectivity index (χ4n) is 4.89. The van der Waals surface area contributed by atoms with Crippen molar-refractivity contribution in [3.63, 3.8) is 0 Å².